The van der Waals surface area contributed by atoms with Gasteiger partial charge >= 0.3 is 5.97 Å². The van der Waals surface area contributed by atoms with E-state index in [2.05, 4.69) is 4.74 Å². The number of alkyl halides is 5. The van der Waals surface area contributed by atoms with Gasteiger partial charge in [0.1, 0.15) is 6.17 Å². The van der Waals surface area contributed by atoms with Crippen molar-refractivity contribution in [3.05, 3.63) is 0 Å². The van der Waals surface area contributed by atoms with E-state index < -0.39 is 64.9 Å². The maximum absolute atomic E-state index is 16.0. The molecular weight excluding hydrogens is 427 g/mol. The number of halogens is 5. The van der Waals surface area contributed by atoms with E-state index in [-0.39, 0.29) is 37.6 Å². The van der Waals surface area contributed by atoms with Crippen LogP contribution in [0.2, 0.25) is 0 Å². The highest BCUT2D eigenvalue weighted by Crippen LogP contribution is 2.74. The maximum Gasteiger partial charge on any atom is 0.305 e. The fourth-order valence-electron chi connectivity index (χ4n) is 8.63. The Kier molecular flexibility index (Phi) is 5.93. The first-order chi connectivity index (χ1) is 14.8. The van der Waals surface area contributed by atoms with E-state index in [9.17, 15) is 9.18 Å². The fraction of sp³-hybridized carbons (Fsp3) is 0.960. The molecule has 4 saturated carbocycles. The highest BCUT2D eigenvalue weighted by Gasteiger charge is 2.75. The quantitative estimate of drug-likeness (QED) is 0.329. The summed E-state index contributed by atoms with van der Waals surface area (Å²) in [5.41, 5.74) is -2.18. The number of rotatable bonds is 4. The highest BCUT2D eigenvalue weighted by molar-refractivity contribution is 5.69. The van der Waals surface area contributed by atoms with Gasteiger partial charge in [0, 0.05) is 30.6 Å². The lowest BCUT2D eigenvalue weighted by atomic mass is 9.42. The third kappa shape index (κ3) is 3.41. The van der Waals surface area contributed by atoms with Crippen LogP contribution in [0.4, 0.5) is 22.0 Å². The summed E-state index contributed by atoms with van der Waals surface area (Å²) in [6.45, 7) is 5.27. The first-order valence-corrected chi connectivity index (χ1v) is 12.2. The zero-order valence-electron chi connectivity index (χ0n) is 19.6. The molecule has 0 aliphatic heterocycles. The lowest BCUT2D eigenvalue weighted by Gasteiger charge is -2.64. The van der Waals surface area contributed by atoms with E-state index in [4.69, 9.17) is 0 Å². The van der Waals surface area contributed by atoms with Crippen molar-refractivity contribution in [2.75, 3.05) is 7.11 Å². The average Bonchev–Trinajstić information content (AvgIpc) is 3.06. The minimum atomic E-state index is -3.08. The Bertz CT molecular complexity index is 742. The van der Waals surface area contributed by atoms with Gasteiger partial charge in [-0.2, -0.15) is 0 Å². The van der Waals surface area contributed by atoms with Gasteiger partial charge in [-0.15, -0.1) is 0 Å². The monoisotopic (exact) mass is 464 g/mol. The molecule has 4 aliphatic rings. The van der Waals surface area contributed by atoms with Gasteiger partial charge in [0.25, 0.3) is 11.8 Å². The lowest BCUT2D eigenvalue weighted by Crippen LogP contribution is -2.66. The fourth-order valence-corrected chi connectivity index (χ4v) is 8.63. The molecular formula is C25H37F5O2. The molecule has 0 spiro atoms. The van der Waals surface area contributed by atoms with Gasteiger partial charge in [-0.05, 0) is 73.5 Å². The standard InChI is InChI=1S/C25H37F5O2/c1-14(5-8-20(31)32-4)17-6-7-18-21-19(13-25(29,30)23(17,18)3)22(2)10-9-16(26)11-15(22)12-24(21,27)28/h14-19,21H,5-13H2,1-4H3/t14-,15+,16+,17?,18+,19+,21+,22+,23-/m1/s1. The van der Waals surface area contributed by atoms with Gasteiger partial charge in [0.05, 0.1) is 7.11 Å². The van der Waals surface area contributed by atoms with E-state index in [0.717, 1.165) is 0 Å². The minimum absolute atomic E-state index is 0.0655. The lowest BCUT2D eigenvalue weighted by molar-refractivity contribution is -0.295. The summed E-state index contributed by atoms with van der Waals surface area (Å²) in [5, 5.41) is 0. The van der Waals surface area contributed by atoms with Crippen molar-refractivity contribution in [1.29, 1.82) is 0 Å². The van der Waals surface area contributed by atoms with Crippen LogP contribution in [0.1, 0.15) is 78.6 Å². The number of hydrogen-bond donors (Lipinski definition) is 0. The van der Waals surface area contributed by atoms with Crippen molar-refractivity contribution in [1.82, 2.24) is 0 Å². The van der Waals surface area contributed by atoms with Gasteiger partial charge in [-0.1, -0.05) is 20.8 Å². The Labute approximate surface area is 188 Å². The van der Waals surface area contributed by atoms with Crippen molar-refractivity contribution < 1.29 is 31.5 Å². The molecule has 4 aliphatic carbocycles. The number of esters is 1. The van der Waals surface area contributed by atoms with Gasteiger partial charge in [0.2, 0.25) is 0 Å². The third-order valence-electron chi connectivity index (χ3n) is 10.5. The second kappa shape index (κ2) is 7.83. The second-order valence-electron chi connectivity index (χ2n) is 11.7. The molecule has 0 saturated heterocycles. The summed E-state index contributed by atoms with van der Waals surface area (Å²) in [4.78, 5) is 11.6. The van der Waals surface area contributed by atoms with Gasteiger partial charge < -0.3 is 4.74 Å². The van der Waals surface area contributed by atoms with E-state index in [1.165, 1.54) is 14.0 Å². The van der Waals surface area contributed by atoms with Crippen LogP contribution in [0.25, 0.3) is 0 Å². The highest BCUT2D eigenvalue weighted by atomic mass is 19.3. The largest absolute Gasteiger partial charge is 0.469 e. The first kappa shape index (κ1) is 24.3. The predicted molar refractivity (Wildman–Crippen MR) is 111 cm³/mol. The molecule has 4 rings (SSSR count). The second-order valence-corrected chi connectivity index (χ2v) is 11.7. The zero-order valence-corrected chi connectivity index (χ0v) is 19.6. The van der Waals surface area contributed by atoms with Gasteiger partial charge in [-0.3, -0.25) is 4.79 Å². The van der Waals surface area contributed by atoms with Gasteiger partial charge in [-0.25, -0.2) is 22.0 Å². The molecule has 0 bridgehead atoms. The number of fused-ring (bicyclic) bond motifs is 5. The van der Waals surface area contributed by atoms with Crippen molar-refractivity contribution in [2.24, 2.45) is 46.3 Å². The molecule has 7 heteroatoms. The molecule has 2 nitrogen and oxygen atoms in total. The Morgan fingerprint density at radius 1 is 1.06 bits per heavy atom. The van der Waals surface area contributed by atoms with Crippen LogP contribution in [0, 0.1) is 46.3 Å². The molecule has 0 amide bonds. The maximum atomic E-state index is 16.0. The molecule has 0 aromatic heterocycles. The molecule has 184 valence electrons. The molecule has 0 aromatic rings. The summed E-state index contributed by atoms with van der Waals surface area (Å²) >= 11 is 0. The Hall–Kier alpha value is -0.880. The minimum Gasteiger partial charge on any atom is -0.469 e. The number of methoxy groups -OCH3 is 1. The van der Waals surface area contributed by atoms with Crippen LogP contribution >= 0.6 is 0 Å². The van der Waals surface area contributed by atoms with E-state index in [1.54, 1.807) is 0 Å². The molecule has 0 N–H and O–H groups in total. The van der Waals surface area contributed by atoms with Crippen LogP contribution < -0.4 is 0 Å². The van der Waals surface area contributed by atoms with E-state index in [1.807, 2.05) is 13.8 Å². The molecule has 4 fully saturated rings. The normalized spacial score (nSPS) is 47.7. The van der Waals surface area contributed by atoms with E-state index >= 15 is 17.6 Å². The Balaban J connectivity index is 1.67. The van der Waals surface area contributed by atoms with Crippen molar-refractivity contribution in [2.45, 2.75) is 96.6 Å². The SMILES string of the molecule is COC(=O)CC[C@@H](C)C1CC[C@H]2[C@H]3[C@H](CC(F)(F)[C@]12C)[C@@]1(C)CC[C@H](F)C[C@H]1CC3(F)F. The molecule has 0 heterocycles. The number of hydrogen-bond acceptors (Lipinski definition) is 2. The summed E-state index contributed by atoms with van der Waals surface area (Å²) in [5.74, 6) is -10.3. The molecule has 1 unspecified atom stereocenters. The van der Waals surface area contributed by atoms with Crippen LogP contribution in [0.3, 0.4) is 0 Å². The van der Waals surface area contributed by atoms with Crippen molar-refractivity contribution in [3.8, 4) is 0 Å². The molecule has 0 aromatic carbocycles. The van der Waals surface area contributed by atoms with Crippen LogP contribution in [-0.4, -0.2) is 31.1 Å². The topological polar surface area (TPSA) is 26.3 Å². The molecule has 0 radical (unpaired) electrons. The average molecular weight is 465 g/mol. The first-order valence-electron chi connectivity index (χ1n) is 12.2. The number of carbonyl (C=O) groups excluding carboxylic acids is 1. The summed E-state index contributed by atoms with van der Waals surface area (Å²) in [7, 11) is 1.30. The number of ether oxygens (including phenoxy) is 1. The van der Waals surface area contributed by atoms with Crippen LogP contribution in [-0.2, 0) is 9.53 Å². The number of carbonyl (C=O) groups is 1. The third-order valence-corrected chi connectivity index (χ3v) is 10.5. The summed E-state index contributed by atoms with van der Waals surface area (Å²) < 4.78 is 82.2. The molecule has 9 atom stereocenters. The Morgan fingerprint density at radius 2 is 1.75 bits per heavy atom. The van der Waals surface area contributed by atoms with Crippen LogP contribution in [0.15, 0.2) is 0 Å². The van der Waals surface area contributed by atoms with Crippen molar-refractivity contribution in [3.63, 3.8) is 0 Å². The molecule has 32 heavy (non-hydrogen) atoms. The van der Waals surface area contributed by atoms with Gasteiger partial charge in [0.15, 0.2) is 0 Å². The summed E-state index contributed by atoms with van der Waals surface area (Å²) in [6, 6.07) is 0. The summed E-state index contributed by atoms with van der Waals surface area (Å²) in [6.07, 6.45) is 0.128. The predicted octanol–water partition coefficient (Wildman–Crippen LogP) is 7.06. The van der Waals surface area contributed by atoms with E-state index in [0.29, 0.717) is 25.7 Å². The van der Waals surface area contributed by atoms with Crippen LogP contribution in [0.5, 0.6) is 0 Å². The Morgan fingerprint density at radius 3 is 2.41 bits per heavy atom. The zero-order chi connectivity index (χ0) is 23.7. The smallest absolute Gasteiger partial charge is 0.305 e. The van der Waals surface area contributed by atoms with Crippen molar-refractivity contribution >= 4 is 5.97 Å².